The average molecular weight is 523 g/mol. The second-order valence-corrected chi connectivity index (χ2v) is 12.9. The molecule has 2 aromatic carbocycles. The minimum Gasteiger partial charge on any atom is -0.385 e. The van der Waals surface area contributed by atoms with E-state index in [4.69, 9.17) is 13.1 Å². The molecule has 2 aliphatic carbocycles. The van der Waals surface area contributed by atoms with E-state index in [9.17, 15) is 16.8 Å². The van der Waals surface area contributed by atoms with Gasteiger partial charge in [0.25, 0.3) is 0 Å². The third-order valence-corrected chi connectivity index (χ3v) is 8.07. The Morgan fingerprint density at radius 1 is 0.886 bits per heavy atom. The lowest BCUT2D eigenvalue weighted by molar-refractivity contribution is 0.195. The Balaban J connectivity index is 1.71. The maximum absolute atomic E-state index is 12.0. The molecule has 0 heterocycles. The van der Waals surface area contributed by atoms with Crippen LogP contribution in [0.4, 0.5) is 0 Å². The van der Waals surface area contributed by atoms with Crippen molar-refractivity contribution in [2.75, 3.05) is 26.2 Å². The molecule has 2 aromatic rings. The zero-order valence-electron chi connectivity index (χ0n) is 20.5. The van der Waals surface area contributed by atoms with Gasteiger partial charge in [-0.25, -0.2) is 0 Å². The van der Waals surface area contributed by atoms with Gasteiger partial charge in [-0.15, -0.1) is 0 Å². The molecule has 3 atom stereocenters. The summed E-state index contributed by atoms with van der Waals surface area (Å²) in [6, 6.07) is 11.5. The monoisotopic (exact) mass is 522 g/mol. The van der Waals surface area contributed by atoms with Gasteiger partial charge in [-0.1, -0.05) is 31.0 Å². The lowest BCUT2D eigenvalue weighted by Crippen LogP contribution is -2.31. The lowest BCUT2D eigenvalue weighted by Gasteiger charge is -2.43. The summed E-state index contributed by atoms with van der Waals surface area (Å²) in [4.78, 5) is 0. The number of aryl methyl sites for hydroxylation is 1. The molecule has 0 N–H and O–H groups in total. The molecule has 2 aliphatic rings. The van der Waals surface area contributed by atoms with E-state index in [1.807, 2.05) is 18.2 Å². The van der Waals surface area contributed by atoms with E-state index in [1.54, 1.807) is 19.2 Å². The van der Waals surface area contributed by atoms with Crippen LogP contribution in [0.5, 0.6) is 11.5 Å². The van der Waals surface area contributed by atoms with Gasteiger partial charge in [0.1, 0.15) is 11.5 Å². The zero-order chi connectivity index (χ0) is 25.2. The van der Waals surface area contributed by atoms with E-state index in [1.165, 1.54) is 23.1 Å². The molecule has 0 bridgehead atoms. The van der Waals surface area contributed by atoms with Gasteiger partial charge in [-0.3, -0.25) is 0 Å². The van der Waals surface area contributed by atoms with Crippen LogP contribution in [-0.2, 0) is 37.8 Å². The molecule has 0 amide bonds. The number of benzene rings is 2. The van der Waals surface area contributed by atoms with Crippen molar-refractivity contribution in [1.29, 1.82) is 0 Å². The van der Waals surface area contributed by atoms with Crippen molar-refractivity contribution >= 4 is 20.2 Å². The molecular weight excluding hydrogens is 488 g/mol. The Labute approximate surface area is 209 Å². The number of rotatable bonds is 9. The normalized spacial score (nSPS) is 22.2. The number of methoxy groups -OCH3 is 1. The second kappa shape index (κ2) is 10.5. The van der Waals surface area contributed by atoms with Gasteiger partial charge in [0, 0.05) is 13.7 Å². The van der Waals surface area contributed by atoms with Gasteiger partial charge in [-0.05, 0) is 90.3 Å². The van der Waals surface area contributed by atoms with Crippen molar-refractivity contribution in [3.8, 4) is 11.5 Å². The molecule has 4 rings (SSSR count). The highest BCUT2D eigenvalue weighted by Gasteiger charge is 2.39. The van der Waals surface area contributed by atoms with E-state index >= 15 is 0 Å². The van der Waals surface area contributed by atoms with Gasteiger partial charge in [0.2, 0.25) is 0 Å². The van der Waals surface area contributed by atoms with Gasteiger partial charge < -0.3 is 13.1 Å². The standard InChI is InChI=1S/C26H34O7S2/c1-31-14-6-7-19-15-20-16-24(18-10-12-21(13-11-18)32-34(2,27)28)22-8-4-5-9-23(22)25(20)17-26(19)33-35(3,29)30/h10-13,15,17,22-24H,4-9,14,16H2,1-3H3. The predicted molar refractivity (Wildman–Crippen MR) is 135 cm³/mol. The Hall–Kier alpha value is -2.10. The minimum atomic E-state index is -3.64. The largest absolute Gasteiger partial charge is 0.385 e. The predicted octanol–water partition coefficient (Wildman–Crippen LogP) is 4.56. The SMILES string of the molecule is COCCCc1cc2c(cc1OS(C)(=O)=O)C1CCCCC1C(c1ccc(OS(C)(=O)=O)cc1)C2. The summed E-state index contributed by atoms with van der Waals surface area (Å²) in [5, 5.41) is 0. The molecule has 7 nitrogen and oxygen atoms in total. The highest BCUT2D eigenvalue weighted by Crippen LogP contribution is 2.52. The summed E-state index contributed by atoms with van der Waals surface area (Å²) in [6.07, 6.45) is 8.89. The van der Waals surface area contributed by atoms with E-state index < -0.39 is 20.2 Å². The molecule has 1 saturated carbocycles. The number of hydrogen-bond donors (Lipinski definition) is 0. The van der Waals surface area contributed by atoms with E-state index in [0.717, 1.165) is 50.2 Å². The van der Waals surface area contributed by atoms with Crippen molar-refractivity contribution in [3.63, 3.8) is 0 Å². The van der Waals surface area contributed by atoms with Crippen LogP contribution in [0.3, 0.4) is 0 Å². The Kier molecular flexibility index (Phi) is 7.78. The highest BCUT2D eigenvalue weighted by molar-refractivity contribution is 7.86. The molecule has 0 radical (unpaired) electrons. The second-order valence-electron chi connectivity index (χ2n) is 9.76. The molecule has 0 spiro atoms. The molecule has 0 aromatic heterocycles. The molecule has 35 heavy (non-hydrogen) atoms. The Morgan fingerprint density at radius 3 is 2.23 bits per heavy atom. The van der Waals surface area contributed by atoms with Crippen molar-refractivity contribution in [3.05, 3.63) is 58.7 Å². The zero-order valence-corrected chi connectivity index (χ0v) is 22.2. The number of ether oxygens (including phenoxy) is 1. The van der Waals surface area contributed by atoms with E-state index in [-0.39, 0.29) is 0 Å². The van der Waals surface area contributed by atoms with Crippen LogP contribution >= 0.6 is 0 Å². The van der Waals surface area contributed by atoms with Crippen molar-refractivity contribution in [1.82, 2.24) is 0 Å². The molecular formula is C26H34O7S2. The van der Waals surface area contributed by atoms with Crippen molar-refractivity contribution in [2.24, 2.45) is 5.92 Å². The summed E-state index contributed by atoms with van der Waals surface area (Å²) >= 11 is 0. The van der Waals surface area contributed by atoms with Crippen molar-refractivity contribution in [2.45, 2.75) is 56.8 Å². The molecule has 9 heteroatoms. The molecule has 1 fully saturated rings. The van der Waals surface area contributed by atoms with Gasteiger partial charge in [-0.2, -0.15) is 16.8 Å². The molecule has 0 saturated heterocycles. The van der Waals surface area contributed by atoms with Crippen LogP contribution in [0.1, 0.15) is 66.2 Å². The van der Waals surface area contributed by atoms with Crippen LogP contribution in [0.25, 0.3) is 0 Å². The van der Waals surface area contributed by atoms with Crippen LogP contribution in [0.2, 0.25) is 0 Å². The van der Waals surface area contributed by atoms with Crippen LogP contribution in [-0.4, -0.2) is 43.1 Å². The average Bonchev–Trinajstić information content (AvgIpc) is 2.78. The first-order valence-electron chi connectivity index (χ1n) is 12.1. The Bertz CT molecular complexity index is 1250. The molecule has 0 aliphatic heterocycles. The summed E-state index contributed by atoms with van der Waals surface area (Å²) in [5.41, 5.74) is 4.50. The fraction of sp³-hybridized carbons (Fsp3) is 0.538. The third kappa shape index (κ3) is 6.57. The summed E-state index contributed by atoms with van der Waals surface area (Å²) in [6.45, 7) is 0.588. The smallest absolute Gasteiger partial charge is 0.306 e. The Morgan fingerprint density at radius 2 is 1.57 bits per heavy atom. The summed E-state index contributed by atoms with van der Waals surface area (Å²) in [5.74, 6) is 1.82. The first-order valence-corrected chi connectivity index (χ1v) is 15.7. The van der Waals surface area contributed by atoms with Crippen molar-refractivity contribution < 1.29 is 29.9 Å². The lowest BCUT2D eigenvalue weighted by atomic mass is 9.61. The maximum atomic E-state index is 12.0. The minimum absolute atomic E-state index is 0.300. The first kappa shape index (κ1) is 26.0. The first-order chi connectivity index (χ1) is 16.5. The van der Waals surface area contributed by atoms with Crippen LogP contribution in [0, 0.1) is 5.92 Å². The van der Waals surface area contributed by atoms with E-state index in [2.05, 4.69) is 6.07 Å². The van der Waals surface area contributed by atoms with Gasteiger partial charge >= 0.3 is 20.2 Å². The summed E-state index contributed by atoms with van der Waals surface area (Å²) < 4.78 is 62.6. The third-order valence-electron chi connectivity index (χ3n) is 7.09. The quantitative estimate of drug-likeness (QED) is 0.352. The van der Waals surface area contributed by atoms with Gasteiger partial charge in [0.05, 0.1) is 12.5 Å². The van der Waals surface area contributed by atoms with Crippen LogP contribution in [0.15, 0.2) is 36.4 Å². The number of hydrogen-bond acceptors (Lipinski definition) is 7. The summed E-state index contributed by atoms with van der Waals surface area (Å²) in [7, 11) is -5.56. The van der Waals surface area contributed by atoms with Gasteiger partial charge in [0.15, 0.2) is 0 Å². The topological polar surface area (TPSA) is 96.0 Å². The van der Waals surface area contributed by atoms with E-state index in [0.29, 0.717) is 42.3 Å². The fourth-order valence-corrected chi connectivity index (χ4v) is 6.72. The highest BCUT2D eigenvalue weighted by atomic mass is 32.2. The molecule has 192 valence electrons. The van der Waals surface area contributed by atoms with Crippen LogP contribution < -0.4 is 8.37 Å². The fourth-order valence-electron chi connectivity index (χ4n) is 5.78. The molecule has 3 unspecified atom stereocenters. The number of fused-ring (bicyclic) bond motifs is 3. The maximum Gasteiger partial charge on any atom is 0.306 e.